The van der Waals surface area contributed by atoms with Crippen LogP contribution in [0, 0.1) is 0 Å². The van der Waals surface area contributed by atoms with Gasteiger partial charge in [-0.2, -0.15) is 0 Å². The number of halogens is 6. The Morgan fingerprint density at radius 2 is 2.05 bits per heavy atom. The second-order valence-corrected chi connectivity index (χ2v) is 4.51. The van der Waals surface area contributed by atoms with E-state index in [0.717, 1.165) is 6.20 Å². The Hall–Kier alpha value is -1.45. The zero-order chi connectivity index (χ0) is 16.9. The molecule has 4 nitrogen and oxygen atoms in total. The molecular formula is C12H11BrF5NO3. The number of carbonyl (C=O) groups excluding carboxylic acids is 1. The van der Waals surface area contributed by atoms with E-state index in [2.05, 4.69) is 30.4 Å². The molecule has 0 aliphatic carbocycles. The molecular weight excluding hydrogens is 381 g/mol. The molecule has 0 radical (unpaired) electrons. The van der Waals surface area contributed by atoms with Crippen LogP contribution in [0.25, 0.3) is 0 Å². The summed E-state index contributed by atoms with van der Waals surface area (Å²) in [5.41, 5.74) is -1.14. The third-order valence-corrected chi connectivity index (χ3v) is 3.05. The van der Waals surface area contributed by atoms with Gasteiger partial charge in [0.25, 0.3) is 6.43 Å². The Kier molecular flexibility index (Phi) is 6.51. The van der Waals surface area contributed by atoms with E-state index in [4.69, 9.17) is 0 Å². The summed E-state index contributed by atoms with van der Waals surface area (Å²) in [5.74, 6) is -1.93. The highest BCUT2D eigenvalue weighted by molar-refractivity contribution is 9.08. The minimum atomic E-state index is -5.15. The van der Waals surface area contributed by atoms with Crippen molar-refractivity contribution in [2.24, 2.45) is 0 Å². The monoisotopic (exact) mass is 391 g/mol. The first kappa shape index (κ1) is 18.6. The van der Waals surface area contributed by atoms with Crippen molar-refractivity contribution in [1.82, 2.24) is 4.98 Å². The molecule has 0 aliphatic heterocycles. The molecule has 0 aliphatic rings. The molecule has 22 heavy (non-hydrogen) atoms. The van der Waals surface area contributed by atoms with Crippen LogP contribution in [0.5, 0.6) is 5.88 Å². The number of aromatic nitrogens is 1. The van der Waals surface area contributed by atoms with E-state index in [9.17, 15) is 26.7 Å². The fourth-order valence-corrected chi connectivity index (χ4v) is 2.34. The van der Waals surface area contributed by atoms with Gasteiger partial charge in [-0.25, -0.2) is 13.8 Å². The summed E-state index contributed by atoms with van der Waals surface area (Å²) < 4.78 is 71.1. The highest BCUT2D eigenvalue weighted by Gasteiger charge is 2.35. The SMILES string of the molecule is CCOC(=O)Cc1cnc(OC(F)(F)F)c(C(F)F)c1CBr. The number of ether oxygens (including phenoxy) is 2. The minimum absolute atomic E-state index is 0.0418. The lowest BCUT2D eigenvalue weighted by molar-refractivity contribution is -0.276. The van der Waals surface area contributed by atoms with Crippen molar-refractivity contribution in [3.05, 3.63) is 22.9 Å². The van der Waals surface area contributed by atoms with Crippen LogP contribution in [-0.2, 0) is 21.3 Å². The molecule has 0 saturated carbocycles. The molecule has 0 aromatic carbocycles. The van der Waals surface area contributed by atoms with Gasteiger partial charge in [0.1, 0.15) is 0 Å². The van der Waals surface area contributed by atoms with Gasteiger partial charge in [0.15, 0.2) is 0 Å². The molecule has 0 spiro atoms. The number of alkyl halides is 6. The number of hydrogen-bond donors (Lipinski definition) is 0. The topological polar surface area (TPSA) is 48.4 Å². The number of rotatable bonds is 6. The Morgan fingerprint density at radius 3 is 2.50 bits per heavy atom. The number of esters is 1. The highest BCUT2D eigenvalue weighted by atomic mass is 79.9. The molecule has 0 N–H and O–H groups in total. The highest BCUT2D eigenvalue weighted by Crippen LogP contribution is 2.36. The molecule has 124 valence electrons. The van der Waals surface area contributed by atoms with Crippen LogP contribution < -0.4 is 4.74 Å². The van der Waals surface area contributed by atoms with E-state index in [1.165, 1.54) is 0 Å². The van der Waals surface area contributed by atoms with Crippen LogP contribution in [0.3, 0.4) is 0 Å². The maximum Gasteiger partial charge on any atom is 0.574 e. The lowest BCUT2D eigenvalue weighted by atomic mass is 10.0. The van der Waals surface area contributed by atoms with Crippen molar-refractivity contribution in [3.8, 4) is 5.88 Å². The van der Waals surface area contributed by atoms with E-state index in [1.807, 2.05) is 0 Å². The summed E-state index contributed by atoms with van der Waals surface area (Å²) in [4.78, 5) is 14.7. The lowest BCUT2D eigenvalue weighted by Gasteiger charge is -2.17. The summed E-state index contributed by atoms with van der Waals surface area (Å²) in [7, 11) is 0. The molecule has 0 saturated heterocycles. The van der Waals surface area contributed by atoms with E-state index < -0.39 is 30.2 Å². The quantitative estimate of drug-likeness (QED) is 0.419. The van der Waals surface area contributed by atoms with Gasteiger partial charge < -0.3 is 9.47 Å². The zero-order valence-electron chi connectivity index (χ0n) is 11.2. The van der Waals surface area contributed by atoms with Gasteiger partial charge in [0.2, 0.25) is 5.88 Å². The fraction of sp³-hybridized carbons (Fsp3) is 0.500. The standard InChI is InChI=1S/C12H11BrF5NO3/c1-2-21-8(20)3-6-5-19-11(22-12(16,17)18)9(10(14)15)7(6)4-13/h5,10H,2-4H2,1H3. The maximum absolute atomic E-state index is 13.1. The fourth-order valence-electron chi connectivity index (χ4n) is 1.68. The van der Waals surface area contributed by atoms with E-state index >= 15 is 0 Å². The predicted octanol–water partition coefficient (Wildman–Crippen LogP) is 3.92. The molecule has 1 aromatic rings. The van der Waals surface area contributed by atoms with Crippen LogP contribution in [-0.4, -0.2) is 23.9 Å². The van der Waals surface area contributed by atoms with Gasteiger partial charge in [0, 0.05) is 11.5 Å². The van der Waals surface area contributed by atoms with Crippen molar-refractivity contribution in [2.45, 2.75) is 31.5 Å². The Morgan fingerprint density at radius 1 is 1.41 bits per heavy atom. The summed E-state index contributed by atoms with van der Waals surface area (Å²) in [6.45, 7) is 1.65. The number of hydrogen-bond acceptors (Lipinski definition) is 4. The van der Waals surface area contributed by atoms with Gasteiger partial charge in [0.05, 0.1) is 18.6 Å². The lowest BCUT2D eigenvalue weighted by Crippen LogP contribution is -2.20. The van der Waals surface area contributed by atoms with Gasteiger partial charge in [-0.3, -0.25) is 4.79 Å². The van der Waals surface area contributed by atoms with Crippen LogP contribution in [0.4, 0.5) is 22.0 Å². The third kappa shape index (κ3) is 5.08. The molecule has 1 heterocycles. The average molecular weight is 392 g/mol. The van der Waals surface area contributed by atoms with Crippen LogP contribution in [0.1, 0.15) is 30.0 Å². The Balaban J connectivity index is 3.27. The molecule has 0 bridgehead atoms. The van der Waals surface area contributed by atoms with Gasteiger partial charge in [-0.15, -0.1) is 13.2 Å². The summed E-state index contributed by atoms with van der Waals surface area (Å²) in [6, 6.07) is 0. The van der Waals surface area contributed by atoms with E-state index in [0.29, 0.717) is 0 Å². The third-order valence-electron chi connectivity index (χ3n) is 2.49. The first-order chi connectivity index (χ1) is 10.2. The second kappa shape index (κ2) is 7.70. The van der Waals surface area contributed by atoms with Crippen molar-refractivity contribution < 1.29 is 36.2 Å². The average Bonchev–Trinajstić information content (AvgIpc) is 2.38. The van der Waals surface area contributed by atoms with Gasteiger partial charge in [-0.1, -0.05) is 15.9 Å². The van der Waals surface area contributed by atoms with Crippen LogP contribution in [0.2, 0.25) is 0 Å². The summed E-state index contributed by atoms with van der Waals surface area (Å²) in [6.07, 6.45) is -7.89. The second-order valence-electron chi connectivity index (χ2n) is 3.94. The number of pyridine rings is 1. The van der Waals surface area contributed by atoms with Gasteiger partial charge >= 0.3 is 12.3 Å². The zero-order valence-corrected chi connectivity index (χ0v) is 12.8. The normalized spacial score (nSPS) is 11.6. The van der Waals surface area contributed by atoms with Gasteiger partial charge in [-0.05, 0) is 18.1 Å². The molecule has 10 heteroatoms. The molecule has 1 aromatic heterocycles. The van der Waals surface area contributed by atoms with Crippen LogP contribution in [0.15, 0.2) is 6.20 Å². The van der Waals surface area contributed by atoms with Crippen LogP contribution >= 0.6 is 15.9 Å². The molecule has 0 atom stereocenters. The van der Waals surface area contributed by atoms with E-state index in [-0.39, 0.29) is 29.5 Å². The van der Waals surface area contributed by atoms with Crippen molar-refractivity contribution in [1.29, 1.82) is 0 Å². The van der Waals surface area contributed by atoms with Crippen molar-refractivity contribution >= 4 is 21.9 Å². The number of nitrogens with zero attached hydrogens (tertiary/aromatic N) is 1. The molecule has 0 amide bonds. The van der Waals surface area contributed by atoms with Crippen molar-refractivity contribution in [3.63, 3.8) is 0 Å². The number of carbonyl (C=O) groups is 1. The largest absolute Gasteiger partial charge is 0.574 e. The first-order valence-corrected chi connectivity index (χ1v) is 7.07. The maximum atomic E-state index is 13.1. The minimum Gasteiger partial charge on any atom is -0.466 e. The predicted molar refractivity (Wildman–Crippen MR) is 68.8 cm³/mol. The summed E-state index contributed by atoms with van der Waals surface area (Å²) >= 11 is 2.92. The van der Waals surface area contributed by atoms with Crippen molar-refractivity contribution in [2.75, 3.05) is 6.61 Å². The first-order valence-electron chi connectivity index (χ1n) is 5.95. The Bertz CT molecular complexity index is 536. The Labute approximate surface area is 130 Å². The molecule has 1 rings (SSSR count). The van der Waals surface area contributed by atoms with E-state index in [1.54, 1.807) is 6.92 Å². The smallest absolute Gasteiger partial charge is 0.466 e. The molecule has 0 fully saturated rings. The molecule has 0 unspecified atom stereocenters. The summed E-state index contributed by atoms with van der Waals surface area (Å²) in [5, 5.41) is -0.196.